The Hall–Kier alpha value is -1.53. The van der Waals surface area contributed by atoms with Gasteiger partial charge < -0.3 is 10.6 Å². The van der Waals surface area contributed by atoms with Crippen LogP contribution in [0, 0.1) is 0 Å². The van der Waals surface area contributed by atoms with Gasteiger partial charge in [0.15, 0.2) is 0 Å². The highest BCUT2D eigenvalue weighted by molar-refractivity contribution is 7.80. The van der Waals surface area contributed by atoms with E-state index in [9.17, 15) is 4.79 Å². The molecule has 2 aromatic rings. The third kappa shape index (κ3) is 26.0. The molecule has 1 aromatic carbocycles. The smallest absolute Gasteiger partial charge is 0.221 e. The van der Waals surface area contributed by atoms with Crippen molar-refractivity contribution >= 4 is 44.7 Å². The number of carbonyl (C=O) groups excluding carboxylic acids is 1. The third-order valence-electron chi connectivity index (χ3n) is 11.0. The van der Waals surface area contributed by atoms with Gasteiger partial charge in [-0.25, -0.2) is 4.98 Å². The van der Waals surface area contributed by atoms with Crippen molar-refractivity contribution in [3.63, 3.8) is 0 Å². The van der Waals surface area contributed by atoms with Crippen molar-refractivity contribution in [2.24, 2.45) is 0 Å². The predicted octanol–water partition coefficient (Wildman–Crippen LogP) is 15.3. The van der Waals surface area contributed by atoms with Crippen molar-refractivity contribution in [2.45, 2.75) is 232 Å². The Morgan fingerprint density at radius 2 is 0.906 bits per heavy atom. The molecule has 1 aromatic heterocycles. The number of aromatic nitrogens is 1. The van der Waals surface area contributed by atoms with Crippen LogP contribution in [-0.2, 0) is 4.79 Å². The maximum absolute atomic E-state index is 13.1. The van der Waals surface area contributed by atoms with Crippen LogP contribution in [0.1, 0.15) is 237 Å². The van der Waals surface area contributed by atoms with E-state index in [2.05, 4.69) is 42.7 Å². The lowest BCUT2D eigenvalue weighted by Crippen LogP contribution is -2.33. The molecule has 0 bridgehead atoms. The molecule has 6 heteroatoms. The number of nitrogens with one attached hydrogen (secondary N) is 2. The number of hydrogen-bond acceptors (Lipinski definition) is 4. The Bertz CT molecular complexity index is 1100. The summed E-state index contributed by atoms with van der Waals surface area (Å²) in [6, 6.07) is 8.24. The van der Waals surface area contributed by atoms with Crippen LogP contribution in [0.15, 0.2) is 24.3 Å². The number of para-hydroxylation sites is 1. The number of unbranched alkanes of at least 4 members (excludes halogenated alkanes) is 30. The van der Waals surface area contributed by atoms with E-state index in [-0.39, 0.29) is 11.8 Å². The number of thiazole rings is 1. The van der Waals surface area contributed by atoms with Crippen molar-refractivity contribution in [1.29, 1.82) is 0 Å². The third-order valence-corrected chi connectivity index (χ3v) is 12.6. The van der Waals surface area contributed by atoms with Crippen LogP contribution in [-0.4, -0.2) is 29.0 Å². The lowest BCUT2D eigenvalue weighted by Gasteiger charge is -2.17. The molecule has 0 saturated carbocycles. The van der Waals surface area contributed by atoms with Gasteiger partial charge in [-0.2, -0.15) is 0 Å². The molecule has 0 radical (unpaired) electrons. The van der Waals surface area contributed by atoms with Gasteiger partial charge in [-0.05, 0) is 25.0 Å². The van der Waals surface area contributed by atoms with Gasteiger partial charge in [0.2, 0.25) is 5.91 Å². The van der Waals surface area contributed by atoms with Crippen molar-refractivity contribution in [3.05, 3.63) is 29.3 Å². The van der Waals surface area contributed by atoms with E-state index < -0.39 is 0 Å². The van der Waals surface area contributed by atoms with Crippen LogP contribution in [0.2, 0.25) is 0 Å². The molecular weight excluding hydrogens is 687 g/mol. The van der Waals surface area contributed by atoms with E-state index in [0.717, 1.165) is 46.1 Å². The van der Waals surface area contributed by atoms with Gasteiger partial charge in [0.1, 0.15) is 5.01 Å². The van der Waals surface area contributed by atoms with Gasteiger partial charge in [-0.1, -0.05) is 231 Å². The fraction of sp³-hybridized carbons (Fsp3) is 0.809. The monoisotopic (exact) mass is 770 g/mol. The number of amides is 1. The molecule has 1 unspecified atom stereocenters. The van der Waals surface area contributed by atoms with E-state index in [1.165, 1.54) is 193 Å². The molecule has 1 amide bonds. The zero-order valence-electron chi connectivity index (χ0n) is 34.8. The number of fused-ring (bicyclic) bond motifs is 1. The Kier molecular flexibility index (Phi) is 31.4. The van der Waals surface area contributed by atoms with Gasteiger partial charge in [-0.3, -0.25) is 4.79 Å². The summed E-state index contributed by atoms with van der Waals surface area (Å²) in [6.45, 7) is 6.21. The average Bonchev–Trinajstić information content (AvgIpc) is 3.60. The van der Waals surface area contributed by atoms with Gasteiger partial charge >= 0.3 is 0 Å². The Morgan fingerprint density at radius 1 is 0.547 bits per heavy atom. The van der Waals surface area contributed by atoms with Crippen LogP contribution < -0.4 is 10.6 Å². The minimum Gasteiger partial charge on any atom is -0.379 e. The second-order valence-electron chi connectivity index (χ2n) is 16.0. The van der Waals surface area contributed by atoms with Crippen LogP contribution in [0.3, 0.4) is 0 Å². The maximum Gasteiger partial charge on any atom is 0.221 e. The standard InChI is InChI=1S/C47H83N3OS2/c1-3-5-7-9-11-13-15-17-19-21-23-25-27-29-31-35-39-48-45(51)41-42(47-50-43-37-33-34-38-44(43)53-47)46(52)49-40-36-32-30-28-26-24-22-20-18-16-14-12-10-8-6-4-2/h33-34,37-38,42H,3-32,35-36,39-41H2,1-2H3,(H,48,51)(H,49,52). The molecule has 304 valence electrons. The fourth-order valence-electron chi connectivity index (χ4n) is 7.50. The summed E-state index contributed by atoms with van der Waals surface area (Å²) < 4.78 is 1.15. The number of hydrogen-bond donors (Lipinski definition) is 2. The molecule has 0 aliphatic heterocycles. The van der Waals surface area contributed by atoms with Crippen LogP contribution in [0.5, 0.6) is 0 Å². The predicted molar refractivity (Wildman–Crippen MR) is 240 cm³/mol. The molecule has 4 nitrogen and oxygen atoms in total. The average molecular weight is 770 g/mol. The van der Waals surface area contributed by atoms with E-state index in [1.807, 2.05) is 6.07 Å². The van der Waals surface area contributed by atoms with Gasteiger partial charge in [-0.15, -0.1) is 11.3 Å². The quantitative estimate of drug-likeness (QED) is 0.0527. The normalized spacial score (nSPS) is 12.0. The van der Waals surface area contributed by atoms with Crippen molar-refractivity contribution in [2.75, 3.05) is 13.1 Å². The minimum atomic E-state index is -0.172. The Morgan fingerprint density at radius 3 is 1.30 bits per heavy atom. The number of thiocarbonyl (C=S) groups is 1. The van der Waals surface area contributed by atoms with Crippen LogP contribution in [0.4, 0.5) is 0 Å². The summed E-state index contributed by atoms with van der Waals surface area (Å²) in [7, 11) is 0. The Balaban J connectivity index is 1.53. The van der Waals surface area contributed by atoms with Crippen molar-refractivity contribution in [3.8, 4) is 0 Å². The molecule has 0 aliphatic rings. The molecule has 0 aliphatic carbocycles. The van der Waals surface area contributed by atoms with Crippen LogP contribution >= 0.6 is 23.6 Å². The number of rotatable bonds is 38. The van der Waals surface area contributed by atoms with Crippen molar-refractivity contribution < 1.29 is 4.79 Å². The first-order valence-electron chi connectivity index (χ1n) is 23.1. The molecule has 0 saturated heterocycles. The second-order valence-corrected chi connectivity index (χ2v) is 17.5. The first-order valence-corrected chi connectivity index (χ1v) is 24.3. The molecule has 0 fully saturated rings. The van der Waals surface area contributed by atoms with Gasteiger partial charge in [0, 0.05) is 19.5 Å². The van der Waals surface area contributed by atoms with Gasteiger partial charge in [0.25, 0.3) is 0 Å². The first kappa shape index (κ1) is 47.6. The molecule has 1 atom stereocenters. The maximum atomic E-state index is 13.1. The van der Waals surface area contributed by atoms with E-state index in [1.54, 1.807) is 11.3 Å². The molecule has 1 heterocycles. The highest BCUT2D eigenvalue weighted by Gasteiger charge is 2.24. The number of benzene rings is 1. The first-order chi connectivity index (χ1) is 26.2. The lowest BCUT2D eigenvalue weighted by atomic mass is 10.0. The zero-order valence-corrected chi connectivity index (χ0v) is 36.4. The minimum absolute atomic E-state index is 0.0850. The van der Waals surface area contributed by atoms with Crippen molar-refractivity contribution in [1.82, 2.24) is 15.6 Å². The highest BCUT2D eigenvalue weighted by atomic mass is 32.1. The second kappa shape index (κ2) is 34.9. The highest BCUT2D eigenvalue weighted by Crippen LogP contribution is 2.30. The molecule has 2 rings (SSSR count). The summed E-state index contributed by atoms with van der Waals surface area (Å²) in [4.78, 5) is 18.8. The summed E-state index contributed by atoms with van der Waals surface area (Å²) >= 11 is 7.60. The zero-order chi connectivity index (χ0) is 37.9. The lowest BCUT2D eigenvalue weighted by molar-refractivity contribution is -0.121. The molecule has 53 heavy (non-hydrogen) atoms. The number of carbonyl (C=O) groups is 1. The molecular formula is C47H83N3OS2. The topological polar surface area (TPSA) is 54.0 Å². The SMILES string of the molecule is CCCCCCCCCCCCCCCCCCNC(=O)CC(C(=S)NCCCCCCCCCCCCCCCCCC)c1nc2ccccc2s1. The van der Waals surface area contributed by atoms with Gasteiger partial charge in [0.05, 0.1) is 21.1 Å². The molecule has 0 spiro atoms. The van der Waals surface area contributed by atoms with Crippen LogP contribution in [0.25, 0.3) is 10.2 Å². The van der Waals surface area contributed by atoms with E-state index in [0.29, 0.717) is 6.42 Å². The summed E-state index contributed by atoms with van der Waals surface area (Å²) in [6.07, 6.45) is 44.1. The fourth-order valence-corrected chi connectivity index (χ4v) is 8.95. The molecule has 2 N–H and O–H groups in total. The summed E-state index contributed by atoms with van der Waals surface area (Å²) in [5.74, 6) is -0.0870. The summed E-state index contributed by atoms with van der Waals surface area (Å²) in [5.41, 5.74) is 0.992. The Labute approximate surface area is 337 Å². The summed E-state index contributed by atoms with van der Waals surface area (Å²) in [5, 5.41) is 7.67. The van der Waals surface area contributed by atoms with E-state index in [4.69, 9.17) is 17.2 Å². The van der Waals surface area contributed by atoms with E-state index >= 15 is 0 Å². The number of nitrogens with zero attached hydrogens (tertiary/aromatic N) is 1. The largest absolute Gasteiger partial charge is 0.379 e.